The van der Waals surface area contributed by atoms with Crippen LogP contribution in [0, 0.1) is 6.92 Å². The van der Waals surface area contributed by atoms with Gasteiger partial charge in [0.05, 0.1) is 5.56 Å². The zero-order chi connectivity index (χ0) is 13.0. The number of hydrogen-bond donors (Lipinski definition) is 1. The van der Waals surface area contributed by atoms with E-state index in [1.165, 1.54) is 32.4 Å². The van der Waals surface area contributed by atoms with E-state index < -0.39 is 0 Å². The SMILES string of the molecule is Cc1c(C(=O)NCCN2CCCCC2)ccn1C. The molecule has 1 aliphatic heterocycles. The van der Waals surface area contributed by atoms with Gasteiger partial charge in [0.15, 0.2) is 0 Å². The molecule has 1 fully saturated rings. The van der Waals surface area contributed by atoms with Crippen LogP contribution in [0.2, 0.25) is 0 Å². The number of aromatic nitrogens is 1. The first kappa shape index (κ1) is 13.1. The summed E-state index contributed by atoms with van der Waals surface area (Å²) in [4.78, 5) is 14.4. The summed E-state index contributed by atoms with van der Waals surface area (Å²) in [6.45, 7) is 6.05. The normalized spacial score (nSPS) is 16.8. The number of likely N-dealkylation sites (tertiary alicyclic amines) is 1. The van der Waals surface area contributed by atoms with Crippen LogP contribution >= 0.6 is 0 Å². The molecule has 0 atom stereocenters. The summed E-state index contributed by atoms with van der Waals surface area (Å²) >= 11 is 0. The lowest BCUT2D eigenvalue weighted by molar-refractivity contribution is 0.0946. The van der Waals surface area contributed by atoms with E-state index in [0.717, 1.165) is 24.3 Å². The number of nitrogens with zero attached hydrogens (tertiary/aromatic N) is 2. The van der Waals surface area contributed by atoms with Crippen molar-refractivity contribution in [2.24, 2.45) is 7.05 Å². The average Bonchev–Trinajstić information content (AvgIpc) is 2.71. The van der Waals surface area contributed by atoms with Crippen LogP contribution in [0.25, 0.3) is 0 Å². The van der Waals surface area contributed by atoms with Crippen molar-refractivity contribution in [3.63, 3.8) is 0 Å². The molecule has 0 aliphatic carbocycles. The molecule has 1 N–H and O–H groups in total. The number of amides is 1. The maximum Gasteiger partial charge on any atom is 0.253 e. The van der Waals surface area contributed by atoms with E-state index in [9.17, 15) is 4.79 Å². The minimum atomic E-state index is 0.0464. The van der Waals surface area contributed by atoms with Crippen molar-refractivity contribution in [3.8, 4) is 0 Å². The van der Waals surface area contributed by atoms with E-state index >= 15 is 0 Å². The highest BCUT2D eigenvalue weighted by Crippen LogP contribution is 2.09. The van der Waals surface area contributed by atoms with Crippen molar-refractivity contribution in [1.29, 1.82) is 0 Å². The molecular weight excluding hydrogens is 226 g/mol. The zero-order valence-corrected chi connectivity index (χ0v) is 11.4. The summed E-state index contributed by atoms with van der Waals surface area (Å²) < 4.78 is 1.97. The monoisotopic (exact) mass is 249 g/mol. The third kappa shape index (κ3) is 3.13. The molecule has 0 saturated carbocycles. The number of rotatable bonds is 4. The molecule has 100 valence electrons. The number of piperidine rings is 1. The molecule has 1 aliphatic rings. The number of carbonyl (C=O) groups is 1. The van der Waals surface area contributed by atoms with Crippen LogP contribution in [0.4, 0.5) is 0 Å². The summed E-state index contributed by atoms with van der Waals surface area (Å²) in [7, 11) is 1.96. The van der Waals surface area contributed by atoms with Gasteiger partial charge in [-0.25, -0.2) is 0 Å². The summed E-state index contributed by atoms with van der Waals surface area (Å²) in [6, 6.07) is 1.88. The second-order valence-corrected chi connectivity index (χ2v) is 5.08. The first-order chi connectivity index (χ1) is 8.68. The fourth-order valence-corrected chi connectivity index (χ4v) is 2.45. The number of aryl methyl sites for hydroxylation is 1. The lowest BCUT2D eigenvalue weighted by Crippen LogP contribution is -2.37. The highest BCUT2D eigenvalue weighted by Gasteiger charge is 2.12. The Hall–Kier alpha value is -1.29. The maximum atomic E-state index is 12.0. The van der Waals surface area contributed by atoms with Crippen LogP contribution in [-0.4, -0.2) is 41.6 Å². The molecule has 18 heavy (non-hydrogen) atoms. The van der Waals surface area contributed by atoms with Crippen LogP contribution in [0.5, 0.6) is 0 Å². The molecule has 2 rings (SSSR count). The smallest absolute Gasteiger partial charge is 0.253 e. The van der Waals surface area contributed by atoms with Gasteiger partial charge in [-0.15, -0.1) is 0 Å². The van der Waals surface area contributed by atoms with Gasteiger partial charge >= 0.3 is 0 Å². The van der Waals surface area contributed by atoms with Crippen molar-refractivity contribution < 1.29 is 4.79 Å². The van der Waals surface area contributed by atoms with Crippen molar-refractivity contribution in [2.45, 2.75) is 26.2 Å². The van der Waals surface area contributed by atoms with Crippen LogP contribution in [-0.2, 0) is 7.05 Å². The van der Waals surface area contributed by atoms with Gasteiger partial charge in [0, 0.05) is 32.0 Å². The van der Waals surface area contributed by atoms with E-state index in [2.05, 4.69) is 10.2 Å². The number of nitrogens with one attached hydrogen (secondary N) is 1. The van der Waals surface area contributed by atoms with Crippen molar-refractivity contribution in [2.75, 3.05) is 26.2 Å². The Balaban J connectivity index is 1.76. The lowest BCUT2D eigenvalue weighted by Gasteiger charge is -2.26. The summed E-state index contributed by atoms with van der Waals surface area (Å²) in [5, 5.41) is 3.01. The minimum absolute atomic E-state index is 0.0464. The van der Waals surface area contributed by atoms with Gasteiger partial charge in [-0.05, 0) is 38.9 Å². The molecule has 2 heterocycles. The van der Waals surface area contributed by atoms with E-state index in [1.807, 2.05) is 30.8 Å². The Labute approximate surface area is 109 Å². The predicted molar refractivity (Wildman–Crippen MR) is 72.8 cm³/mol. The van der Waals surface area contributed by atoms with Gasteiger partial charge in [0.25, 0.3) is 5.91 Å². The predicted octanol–water partition coefficient (Wildman–Crippen LogP) is 1.55. The maximum absolute atomic E-state index is 12.0. The van der Waals surface area contributed by atoms with Gasteiger partial charge in [0.1, 0.15) is 0 Å². The Bertz CT molecular complexity index is 405. The topological polar surface area (TPSA) is 37.3 Å². The van der Waals surface area contributed by atoms with E-state index in [-0.39, 0.29) is 5.91 Å². The lowest BCUT2D eigenvalue weighted by atomic mass is 10.1. The second kappa shape index (κ2) is 6.05. The van der Waals surface area contributed by atoms with E-state index in [1.54, 1.807) is 0 Å². The first-order valence-corrected chi connectivity index (χ1v) is 6.81. The van der Waals surface area contributed by atoms with Gasteiger partial charge < -0.3 is 14.8 Å². The van der Waals surface area contributed by atoms with Crippen LogP contribution in [0.15, 0.2) is 12.3 Å². The third-order valence-electron chi connectivity index (χ3n) is 3.79. The molecule has 4 nitrogen and oxygen atoms in total. The number of hydrogen-bond acceptors (Lipinski definition) is 2. The van der Waals surface area contributed by atoms with Crippen molar-refractivity contribution in [3.05, 3.63) is 23.5 Å². The zero-order valence-electron chi connectivity index (χ0n) is 11.4. The van der Waals surface area contributed by atoms with Gasteiger partial charge in [-0.1, -0.05) is 6.42 Å². The molecule has 1 aromatic heterocycles. The quantitative estimate of drug-likeness (QED) is 0.879. The Morgan fingerprint density at radius 2 is 2.06 bits per heavy atom. The highest BCUT2D eigenvalue weighted by atomic mass is 16.1. The van der Waals surface area contributed by atoms with Crippen LogP contribution in [0.1, 0.15) is 35.3 Å². The average molecular weight is 249 g/mol. The summed E-state index contributed by atoms with van der Waals surface area (Å²) in [5.74, 6) is 0.0464. The van der Waals surface area contributed by atoms with Gasteiger partial charge in [-0.3, -0.25) is 4.79 Å². The second-order valence-electron chi connectivity index (χ2n) is 5.08. The fraction of sp³-hybridized carbons (Fsp3) is 0.643. The Kier molecular flexibility index (Phi) is 4.42. The minimum Gasteiger partial charge on any atom is -0.354 e. The first-order valence-electron chi connectivity index (χ1n) is 6.81. The van der Waals surface area contributed by atoms with E-state index in [4.69, 9.17) is 0 Å². The Morgan fingerprint density at radius 1 is 1.33 bits per heavy atom. The molecule has 0 aromatic carbocycles. The van der Waals surface area contributed by atoms with E-state index in [0.29, 0.717) is 0 Å². The number of carbonyl (C=O) groups excluding carboxylic acids is 1. The highest BCUT2D eigenvalue weighted by molar-refractivity contribution is 5.95. The largest absolute Gasteiger partial charge is 0.354 e. The molecule has 1 aromatic rings. The van der Waals surface area contributed by atoms with Crippen LogP contribution in [0.3, 0.4) is 0 Å². The molecule has 0 radical (unpaired) electrons. The third-order valence-corrected chi connectivity index (χ3v) is 3.79. The standard InChI is InChI=1S/C14H23N3O/c1-12-13(6-10-16(12)2)14(18)15-7-11-17-8-4-3-5-9-17/h6,10H,3-5,7-9,11H2,1-2H3,(H,15,18). The van der Waals surface area contributed by atoms with Crippen LogP contribution < -0.4 is 5.32 Å². The summed E-state index contributed by atoms with van der Waals surface area (Å²) in [6.07, 6.45) is 5.87. The molecule has 1 amide bonds. The molecular formula is C14H23N3O. The molecule has 4 heteroatoms. The summed E-state index contributed by atoms with van der Waals surface area (Å²) in [5.41, 5.74) is 1.81. The molecule has 0 bridgehead atoms. The van der Waals surface area contributed by atoms with Gasteiger partial charge in [-0.2, -0.15) is 0 Å². The molecule has 0 unspecified atom stereocenters. The fourth-order valence-electron chi connectivity index (χ4n) is 2.45. The van der Waals surface area contributed by atoms with Crippen molar-refractivity contribution in [1.82, 2.24) is 14.8 Å². The molecule has 0 spiro atoms. The molecule has 1 saturated heterocycles. The van der Waals surface area contributed by atoms with Crippen molar-refractivity contribution >= 4 is 5.91 Å². The van der Waals surface area contributed by atoms with Gasteiger partial charge in [0.2, 0.25) is 0 Å². The Morgan fingerprint density at radius 3 is 2.67 bits per heavy atom.